The molecule has 2 N–H and O–H groups in total. The van der Waals surface area contributed by atoms with Crippen molar-refractivity contribution in [3.63, 3.8) is 0 Å². The van der Waals surface area contributed by atoms with Crippen molar-refractivity contribution in [2.24, 2.45) is 0 Å². The van der Waals surface area contributed by atoms with E-state index in [2.05, 4.69) is 10.6 Å². The molecule has 0 aromatic carbocycles. The van der Waals surface area contributed by atoms with Crippen LogP contribution in [0, 0.1) is 0 Å². The van der Waals surface area contributed by atoms with Crippen molar-refractivity contribution in [3.05, 3.63) is 0 Å². The maximum Gasteiger partial charge on any atom is 0.239 e. The molecule has 1 atom stereocenters. The van der Waals surface area contributed by atoms with Crippen LogP contribution in [0.4, 0.5) is 0 Å². The quantitative estimate of drug-likeness (QED) is 0.720. The van der Waals surface area contributed by atoms with Crippen LogP contribution >= 0.6 is 12.4 Å². The molecule has 0 bridgehead atoms. The Morgan fingerprint density at radius 3 is 2.85 bits per heavy atom. The summed E-state index contributed by atoms with van der Waals surface area (Å²) in [6.45, 7) is 3.00. The number of likely N-dealkylation sites (tertiary alicyclic amines) is 1. The van der Waals surface area contributed by atoms with Gasteiger partial charge in [0.05, 0.1) is 18.7 Å². The van der Waals surface area contributed by atoms with Crippen LogP contribution in [0.1, 0.15) is 25.7 Å². The van der Waals surface area contributed by atoms with Crippen molar-refractivity contribution in [1.82, 2.24) is 15.5 Å². The molecule has 2 saturated heterocycles. The smallest absolute Gasteiger partial charge is 0.239 e. The molecule has 0 spiro atoms. The first-order valence-electron chi connectivity index (χ1n) is 6.94. The summed E-state index contributed by atoms with van der Waals surface area (Å²) in [4.78, 5) is 24.9. The van der Waals surface area contributed by atoms with Gasteiger partial charge in [-0.25, -0.2) is 0 Å². The Hall–Kier alpha value is -0.850. The molecule has 0 aliphatic carbocycles. The van der Waals surface area contributed by atoms with Crippen LogP contribution in [0.3, 0.4) is 0 Å². The largest absolute Gasteiger partial charge is 0.383 e. The highest BCUT2D eigenvalue weighted by atomic mass is 35.5. The monoisotopic (exact) mass is 305 g/mol. The number of ether oxygens (including phenoxy) is 1. The van der Waals surface area contributed by atoms with E-state index in [1.807, 2.05) is 0 Å². The van der Waals surface area contributed by atoms with Gasteiger partial charge in [0, 0.05) is 26.6 Å². The molecule has 116 valence electrons. The summed E-state index contributed by atoms with van der Waals surface area (Å²) in [5.41, 5.74) is -0.139. The van der Waals surface area contributed by atoms with Crippen molar-refractivity contribution < 1.29 is 14.3 Å². The second-order valence-electron chi connectivity index (χ2n) is 5.44. The number of halogens is 1. The van der Waals surface area contributed by atoms with Gasteiger partial charge in [0.1, 0.15) is 0 Å². The molecular formula is C13H24ClN3O3. The Kier molecular flexibility index (Phi) is 6.71. The lowest BCUT2D eigenvalue weighted by Gasteiger charge is -2.29. The molecule has 0 aromatic heterocycles. The van der Waals surface area contributed by atoms with Crippen LogP contribution in [-0.2, 0) is 14.3 Å². The zero-order chi connectivity index (χ0) is 13.7. The van der Waals surface area contributed by atoms with Gasteiger partial charge in [0.25, 0.3) is 0 Å². The van der Waals surface area contributed by atoms with E-state index in [0.29, 0.717) is 26.1 Å². The zero-order valence-corrected chi connectivity index (χ0v) is 12.8. The summed E-state index contributed by atoms with van der Waals surface area (Å²) in [6.07, 6.45) is 3.54. The van der Waals surface area contributed by atoms with Crippen molar-refractivity contribution in [2.45, 2.75) is 31.2 Å². The minimum Gasteiger partial charge on any atom is -0.383 e. The van der Waals surface area contributed by atoms with Gasteiger partial charge >= 0.3 is 0 Å². The normalized spacial score (nSPS) is 25.6. The summed E-state index contributed by atoms with van der Waals surface area (Å²) < 4.78 is 5.23. The Bertz CT molecular complexity index is 346. The summed E-state index contributed by atoms with van der Waals surface area (Å²) in [5, 5.41) is 6.33. The standard InChI is InChI=1S/C13H23N3O3.ClH/c1-19-10-13(5-3-6-15-13)9-14-11(17)8-16-7-2-4-12(16)18;/h15H,2-10H2,1H3,(H,14,17);1H. The average Bonchev–Trinajstić information content (AvgIpc) is 2.99. The number of amides is 2. The predicted molar refractivity (Wildman–Crippen MR) is 77.9 cm³/mol. The van der Waals surface area contributed by atoms with E-state index in [9.17, 15) is 9.59 Å². The molecule has 2 aliphatic heterocycles. The van der Waals surface area contributed by atoms with E-state index in [4.69, 9.17) is 4.74 Å². The third-order valence-corrected chi connectivity index (χ3v) is 3.88. The van der Waals surface area contributed by atoms with E-state index in [1.54, 1.807) is 12.0 Å². The fourth-order valence-corrected chi connectivity index (χ4v) is 2.84. The predicted octanol–water partition coefficient (Wildman–Crippen LogP) is -0.0846. The number of nitrogens with one attached hydrogen (secondary N) is 2. The molecule has 0 radical (unpaired) electrons. The van der Waals surface area contributed by atoms with Gasteiger partial charge in [-0.3, -0.25) is 9.59 Å². The van der Waals surface area contributed by atoms with Crippen LogP contribution in [0.25, 0.3) is 0 Å². The van der Waals surface area contributed by atoms with Crippen LogP contribution in [0.5, 0.6) is 0 Å². The maximum atomic E-state index is 11.9. The van der Waals surface area contributed by atoms with Crippen molar-refractivity contribution in [3.8, 4) is 0 Å². The second-order valence-corrected chi connectivity index (χ2v) is 5.44. The molecule has 0 aromatic rings. The van der Waals surface area contributed by atoms with Gasteiger partial charge in [0.15, 0.2) is 0 Å². The molecule has 0 saturated carbocycles. The van der Waals surface area contributed by atoms with Gasteiger partial charge in [0.2, 0.25) is 11.8 Å². The van der Waals surface area contributed by atoms with Crippen LogP contribution in [0.2, 0.25) is 0 Å². The fourth-order valence-electron chi connectivity index (χ4n) is 2.84. The average molecular weight is 306 g/mol. The van der Waals surface area contributed by atoms with Crippen molar-refractivity contribution in [1.29, 1.82) is 0 Å². The second kappa shape index (κ2) is 7.81. The molecule has 6 nitrogen and oxygen atoms in total. The fraction of sp³-hybridized carbons (Fsp3) is 0.846. The number of hydrogen-bond acceptors (Lipinski definition) is 4. The molecule has 2 heterocycles. The van der Waals surface area contributed by atoms with E-state index in [0.717, 1.165) is 25.8 Å². The molecule has 20 heavy (non-hydrogen) atoms. The highest BCUT2D eigenvalue weighted by Crippen LogP contribution is 2.18. The van der Waals surface area contributed by atoms with Crippen LogP contribution < -0.4 is 10.6 Å². The highest BCUT2D eigenvalue weighted by Gasteiger charge is 2.34. The number of hydrogen-bond donors (Lipinski definition) is 2. The minimum atomic E-state index is -0.139. The van der Waals surface area contributed by atoms with Gasteiger partial charge < -0.3 is 20.3 Å². The Morgan fingerprint density at radius 1 is 1.50 bits per heavy atom. The SMILES string of the molecule is COCC1(CNC(=O)CN2CCCC2=O)CCCN1.Cl. The lowest BCUT2D eigenvalue weighted by Crippen LogP contribution is -2.54. The third-order valence-electron chi connectivity index (χ3n) is 3.88. The van der Waals surface area contributed by atoms with Gasteiger partial charge in [-0.05, 0) is 25.8 Å². The molecular weight excluding hydrogens is 282 g/mol. The van der Waals surface area contributed by atoms with Crippen molar-refractivity contribution in [2.75, 3.05) is 39.9 Å². The number of carbonyl (C=O) groups excluding carboxylic acids is 2. The molecule has 7 heteroatoms. The van der Waals surface area contributed by atoms with E-state index in [-0.39, 0.29) is 36.3 Å². The molecule has 2 fully saturated rings. The molecule has 2 amide bonds. The zero-order valence-electron chi connectivity index (χ0n) is 11.9. The maximum absolute atomic E-state index is 11.9. The number of nitrogens with zero attached hydrogens (tertiary/aromatic N) is 1. The van der Waals surface area contributed by atoms with E-state index in [1.165, 1.54) is 0 Å². The molecule has 2 aliphatic rings. The van der Waals surface area contributed by atoms with Crippen LogP contribution in [-0.4, -0.2) is 62.1 Å². The molecule has 1 unspecified atom stereocenters. The van der Waals surface area contributed by atoms with E-state index >= 15 is 0 Å². The topological polar surface area (TPSA) is 70.7 Å². The third kappa shape index (κ3) is 4.33. The first-order valence-corrected chi connectivity index (χ1v) is 6.94. The number of carbonyl (C=O) groups is 2. The summed E-state index contributed by atoms with van der Waals surface area (Å²) in [7, 11) is 1.67. The summed E-state index contributed by atoms with van der Waals surface area (Å²) in [5.74, 6) is 0.000161. The number of methoxy groups -OCH3 is 1. The first-order chi connectivity index (χ1) is 9.15. The molecule has 2 rings (SSSR count). The lowest BCUT2D eigenvalue weighted by molar-refractivity contribution is -0.133. The number of rotatable bonds is 6. The lowest BCUT2D eigenvalue weighted by atomic mass is 9.98. The first kappa shape index (κ1) is 17.2. The highest BCUT2D eigenvalue weighted by molar-refractivity contribution is 5.86. The Balaban J connectivity index is 0.00000200. The van der Waals surface area contributed by atoms with Gasteiger partial charge in [-0.2, -0.15) is 0 Å². The van der Waals surface area contributed by atoms with Gasteiger partial charge in [-0.1, -0.05) is 0 Å². The van der Waals surface area contributed by atoms with E-state index < -0.39 is 0 Å². The Morgan fingerprint density at radius 2 is 2.30 bits per heavy atom. The Labute approximate surface area is 126 Å². The summed E-state index contributed by atoms with van der Waals surface area (Å²) in [6, 6.07) is 0. The van der Waals surface area contributed by atoms with Crippen LogP contribution in [0.15, 0.2) is 0 Å². The minimum absolute atomic E-state index is 0. The van der Waals surface area contributed by atoms with Gasteiger partial charge in [-0.15, -0.1) is 12.4 Å². The summed E-state index contributed by atoms with van der Waals surface area (Å²) >= 11 is 0. The van der Waals surface area contributed by atoms with Crippen molar-refractivity contribution >= 4 is 24.2 Å².